The average Bonchev–Trinajstić information content (AvgIpc) is 3.18. The fraction of sp³-hybridized carbons (Fsp3) is 0.800. The molecule has 19 nitrogen and oxygen atoms in total. The van der Waals surface area contributed by atoms with Gasteiger partial charge in [0, 0.05) is 38.8 Å². The minimum absolute atomic E-state index is 0.0369. The SMILES string of the molecule is N[C@@H](CCCCNC(=O)CC[C@H](NC(=O)CC[C@H](NC(=O)COCCOCCNC(=O)CCCCCCCCCCCCCCCCC(=O)O)C(=O)O)C(=O)O)C(=O)O. The molecule has 0 aromatic heterocycles. The summed E-state index contributed by atoms with van der Waals surface area (Å²) in [5.41, 5.74) is 5.41. The first-order valence-corrected chi connectivity index (χ1v) is 21.2. The summed E-state index contributed by atoms with van der Waals surface area (Å²) < 4.78 is 10.6. The highest BCUT2D eigenvalue weighted by atomic mass is 16.5. The molecular formula is C40H71N5O14. The third kappa shape index (κ3) is 35.3. The first-order chi connectivity index (χ1) is 28.2. The van der Waals surface area contributed by atoms with Gasteiger partial charge in [-0.2, -0.15) is 0 Å². The molecule has 59 heavy (non-hydrogen) atoms. The number of amides is 4. The van der Waals surface area contributed by atoms with Gasteiger partial charge in [-0.05, 0) is 44.9 Å². The van der Waals surface area contributed by atoms with E-state index in [2.05, 4.69) is 21.3 Å². The number of hydrogen-bond donors (Lipinski definition) is 9. The number of rotatable bonds is 41. The van der Waals surface area contributed by atoms with Crippen LogP contribution in [0.25, 0.3) is 0 Å². The van der Waals surface area contributed by atoms with Crippen molar-refractivity contribution in [3.05, 3.63) is 0 Å². The highest BCUT2D eigenvalue weighted by Gasteiger charge is 2.24. The van der Waals surface area contributed by atoms with Crippen LogP contribution in [0.5, 0.6) is 0 Å². The molecule has 0 aliphatic carbocycles. The molecule has 0 saturated carbocycles. The van der Waals surface area contributed by atoms with Crippen LogP contribution >= 0.6 is 0 Å². The van der Waals surface area contributed by atoms with Crippen LogP contribution in [-0.2, 0) is 47.8 Å². The smallest absolute Gasteiger partial charge is 0.326 e. The Morgan fingerprint density at radius 3 is 1.37 bits per heavy atom. The zero-order valence-electron chi connectivity index (χ0n) is 34.7. The normalized spacial score (nSPS) is 12.5. The third-order valence-electron chi connectivity index (χ3n) is 9.39. The lowest BCUT2D eigenvalue weighted by atomic mass is 10.0. The van der Waals surface area contributed by atoms with Crippen LogP contribution in [0.4, 0.5) is 0 Å². The van der Waals surface area contributed by atoms with Gasteiger partial charge in [0.25, 0.3) is 0 Å². The Kier molecular flexibility index (Phi) is 34.0. The molecule has 0 fully saturated rings. The van der Waals surface area contributed by atoms with E-state index < -0.39 is 72.8 Å². The Bertz CT molecular complexity index is 1240. The summed E-state index contributed by atoms with van der Waals surface area (Å²) in [7, 11) is 0. The van der Waals surface area contributed by atoms with Gasteiger partial charge in [-0.25, -0.2) is 9.59 Å². The van der Waals surface area contributed by atoms with Crippen LogP contribution in [0.3, 0.4) is 0 Å². The topological polar surface area (TPSA) is 310 Å². The molecule has 0 aliphatic heterocycles. The standard InChI is InChI=1S/C40H71N5O14/c41-30(38(52)53)17-15-16-24-42-34(47)22-20-31(39(54)55)44-35(48)23-21-32(40(56)57)45-36(49)29-59-28-27-58-26-25-43-33(46)18-13-11-9-7-5-3-1-2-4-6-8-10-12-14-19-37(50)51/h30-32H,1-29,41H2,(H,42,47)(H,43,46)(H,44,48)(H,45,49)(H,50,51)(H,52,53)(H,54,55)(H,56,57)/t30-,31-,32-/m0/s1. The Hall–Kier alpha value is -4.36. The van der Waals surface area contributed by atoms with Gasteiger partial charge in [0.2, 0.25) is 23.6 Å². The van der Waals surface area contributed by atoms with Gasteiger partial charge in [0.15, 0.2) is 0 Å². The molecule has 0 aromatic carbocycles. The molecule has 3 atom stereocenters. The van der Waals surface area contributed by atoms with E-state index in [1.165, 1.54) is 51.4 Å². The van der Waals surface area contributed by atoms with Crippen molar-refractivity contribution >= 4 is 47.5 Å². The third-order valence-corrected chi connectivity index (χ3v) is 9.39. The van der Waals surface area contributed by atoms with E-state index in [-0.39, 0.29) is 64.4 Å². The number of unbranched alkanes of at least 4 members (excludes halogenated alkanes) is 14. The number of aliphatic carboxylic acids is 4. The fourth-order valence-electron chi connectivity index (χ4n) is 5.92. The van der Waals surface area contributed by atoms with E-state index in [0.717, 1.165) is 38.5 Å². The van der Waals surface area contributed by atoms with E-state index in [1.54, 1.807) is 0 Å². The summed E-state index contributed by atoms with van der Waals surface area (Å²) in [4.78, 5) is 93.2. The molecule has 10 N–H and O–H groups in total. The van der Waals surface area contributed by atoms with Crippen molar-refractivity contribution in [2.24, 2.45) is 5.73 Å². The average molecular weight is 846 g/mol. The van der Waals surface area contributed by atoms with Crippen molar-refractivity contribution < 1.29 is 68.3 Å². The van der Waals surface area contributed by atoms with Crippen LogP contribution in [-0.4, -0.2) is 126 Å². The largest absolute Gasteiger partial charge is 0.481 e. The number of carbonyl (C=O) groups is 8. The van der Waals surface area contributed by atoms with Gasteiger partial charge in [-0.3, -0.25) is 28.8 Å². The Labute approximate surface area is 347 Å². The predicted octanol–water partition coefficient (Wildman–Crippen LogP) is 2.86. The molecule has 19 heteroatoms. The lowest BCUT2D eigenvalue weighted by molar-refractivity contribution is -0.144. The number of nitrogens with one attached hydrogen (secondary N) is 4. The first kappa shape index (κ1) is 54.6. The number of carbonyl (C=O) groups excluding carboxylic acids is 4. The van der Waals surface area contributed by atoms with Crippen LogP contribution in [0.2, 0.25) is 0 Å². The quantitative estimate of drug-likeness (QED) is 0.0400. The molecule has 4 amide bonds. The van der Waals surface area contributed by atoms with Crippen molar-refractivity contribution in [3.8, 4) is 0 Å². The molecule has 0 bridgehead atoms. The molecule has 340 valence electrons. The van der Waals surface area contributed by atoms with E-state index in [4.69, 9.17) is 25.4 Å². The van der Waals surface area contributed by atoms with Crippen molar-refractivity contribution in [3.63, 3.8) is 0 Å². The van der Waals surface area contributed by atoms with Gasteiger partial charge in [0.05, 0.1) is 19.8 Å². The second-order valence-corrected chi connectivity index (χ2v) is 14.6. The van der Waals surface area contributed by atoms with Crippen LogP contribution in [0.1, 0.15) is 148 Å². The summed E-state index contributed by atoms with van der Waals surface area (Å²) in [6.45, 7) is 0.531. The zero-order valence-corrected chi connectivity index (χ0v) is 34.7. The molecule has 0 radical (unpaired) electrons. The van der Waals surface area contributed by atoms with Gasteiger partial charge < -0.3 is 56.9 Å². The minimum Gasteiger partial charge on any atom is -0.481 e. The van der Waals surface area contributed by atoms with Gasteiger partial charge >= 0.3 is 23.9 Å². The maximum Gasteiger partial charge on any atom is 0.326 e. The van der Waals surface area contributed by atoms with Crippen molar-refractivity contribution in [2.75, 3.05) is 39.5 Å². The molecular weight excluding hydrogens is 774 g/mol. The fourth-order valence-corrected chi connectivity index (χ4v) is 5.92. The van der Waals surface area contributed by atoms with E-state index in [0.29, 0.717) is 25.8 Å². The van der Waals surface area contributed by atoms with E-state index in [9.17, 15) is 48.6 Å². The second-order valence-electron chi connectivity index (χ2n) is 14.6. The van der Waals surface area contributed by atoms with Crippen molar-refractivity contribution in [2.45, 2.75) is 166 Å². The lowest BCUT2D eigenvalue weighted by Gasteiger charge is -2.17. The molecule has 0 aromatic rings. The van der Waals surface area contributed by atoms with Crippen LogP contribution in [0, 0.1) is 0 Å². The number of carboxylic acids is 4. The monoisotopic (exact) mass is 845 g/mol. The Balaban J connectivity index is 3.92. The molecule has 0 rings (SSSR count). The summed E-state index contributed by atoms with van der Waals surface area (Å²) in [6, 6.07) is -3.83. The van der Waals surface area contributed by atoms with Crippen LogP contribution < -0.4 is 27.0 Å². The van der Waals surface area contributed by atoms with E-state index in [1.807, 2.05) is 0 Å². The van der Waals surface area contributed by atoms with E-state index >= 15 is 0 Å². The maximum absolute atomic E-state index is 12.4. The minimum atomic E-state index is -1.44. The summed E-state index contributed by atoms with van der Waals surface area (Å²) in [5, 5.41) is 46.2. The molecule has 0 aliphatic rings. The highest BCUT2D eigenvalue weighted by molar-refractivity contribution is 5.86. The molecule has 0 heterocycles. The number of ether oxygens (including phenoxy) is 2. The van der Waals surface area contributed by atoms with Gasteiger partial charge in [0.1, 0.15) is 24.7 Å². The summed E-state index contributed by atoms with van der Waals surface area (Å²) >= 11 is 0. The molecule has 0 saturated heterocycles. The number of nitrogens with two attached hydrogens (primary N) is 1. The first-order valence-electron chi connectivity index (χ1n) is 21.2. The Morgan fingerprint density at radius 2 is 0.864 bits per heavy atom. The zero-order chi connectivity index (χ0) is 44.1. The summed E-state index contributed by atoms with van der Waals surface area (Å²) in [6.07, 6.45) is 16.3. The highest BCUT2D eigenvalue weighted by Crippen LogP contribution is 2.14. The van der Waals surface area contributed by atoms with Gasteiger partial charge in [-0.15, -0.1) is 0 Å². The maximum atomic E-state index is 12.4. The molecule has 0 unspecified atom stereocenters. The summed E-state index contributed by atoms with van der Waals surface area (Å²) in [5.74, 6) is -6.63. The number of carboxylic acid groups (broad SMARTS) is 4. The Morgan fingerprint density at radius 1 is 0.424 bits per heavy atom. The van der Waals surface area contributed by atoms with Crippen molar-refractivity contribution in [1.29, 1.82) is 0 Å². The predicted molar refractivity (Wildman–Crippen MR) is 216 cm³/mol. The molecule has 0 spiro atoms. The van der Waals surface area contributed by atoms with Crippen LogP contribution in [0.15, 0.2) is 0 Å². The lowest BCUT2D eigenvalue weighted by Crippen LogP contribution is -2.45. The number of hydrogen-bond acceptors (Lipinski definition) is 11. The second kappa shape index (κ2) is 36.7. The van der Waals surface area contributed by atoms with Gasteiger partial charge in [-0.1, -0.05) is 77.0 Å². The van der Waals surface area contributed by atoms with Crippen molar-refractivity contribution in [1.82, 2.24) is 21.3 Å².